The zero-order valence-corrected chi connectivity index (χ0v) is 24.5. The van der Waals surface area contributed by atoms with Crippen LogP contribution in [-0.4, -0.2) is 78.5 Å². The number of hydrogen-bond acceptors (Lipinski definition) is 9. The number of aliphatic hydroxyl groups excluding tert-OH is 1. The Hall–Kier alpha value is -4.07. The second-order valence-corrected chi connectivity index (χ2v) is 10.4. The third-order valence-corrected chi connectivity index (χ3v) is 7.03. The molecule has 0 spiro atoms. The minimum Gasteiger partial charge on any atom is -0.465 e. The van der Waals surface area contributed by atoms with E-state index in [0.29, 0.717) is 5.57 Å². The van der Waals surface area contributed by atoms with E-state index >= 15 is 0 Å². The van der Waals surface area contributed by atoms with Crippen LogP contribution in [0.3, 0.4) is 0 Å². The van der Waals surface area contributed by atoms with E-state index < -0.39 is 65.7 Å². The van der Waals surface area contributed by atoms with Crippen molar-refractivity contribution in [3.63, 3.8) is 0 Å². The number of methoxy groups -OCH3 is 2. The van der Waals surface area contributed by atoms with Crippen LogP contribution in [0.5, 0.6) is 0 Å². The molecule has 2 aliphatic rings. The number of ketones is 2. The van der Waals surface area contributed by atoms with E-state index in [1.54, 1.807) is 26.8 Å². The Morgan fingerprint density at radius 1 is 1.12 bits per heavy atom. The highest BCUT2D eigenvalue weighted by molar-refractivity contribution is 6.24. The number of rotatable bonds is 4. The standard InChI is InChI=1S/C29H39N3O10/c1-14-10-18-23(32-29(38)39)20(33)13-19(25(18)35)31-27(36)15(2)8-7-9-21(40-5)26(42-28(30)37)17(4)12-16(3)24(34)22(11-14)41-6/h7-9,12-14,16,21-22,24,26,32,34H,10-11H2,1-6H3,(H2,30,37)(H,31,36)(H,38,39)/t14-,16+,21+,22+,24-,26+/m1/s1. The lowest BCUT2D eigenvalue weighted by Gasteiger charge is -2.30. The summed E-state index contributed by atoms with van der Waals surface area (Å²) in [4.78, 5) is 62.2. The fraction of sp³-hybridized carbons (Fsp3) is 0.483. The number of aliphatic hydroxyl groups is 1. The van der Waals surface area contributed by atoms with Crippen molar-refractivity contribution in [2.24, 2.45) is 17.6 Å². The van der Waals surface area contributed by atoms with E-state index in [4.69, 9.17) is 19.9 Å². The molecule has 0 aromatic rings. The van der Waals surface area contributed by atoms with Crippen LogP contribution < -0.4 is 16.4 Å². The van der Waals surface area contributed by atoms with E-state index in [9.17, 15) is 34.2 Å². The summed E-state index contributed by atoms with van der Waals surface area (Å²) >= 11 is 0. The van der Waals surface area contributed by atoms with Crippen LogP contribution in [0.15, 0.2) is 58.5 Å². The number of hydrogen-bond donors (Lipinski definition) is 5. The average molecular weight is 590 g/mol. The Kier molecular flexibility index (Phi) is 12.4. The van der Waals surface area contributed by atoms with Crippen molar-refractivity contribution in [3.8, 4) is 0 Å². The minimum absolute atomic E-state index is 0.0508. The molecule has 2 bridgehead atoms. The topological polar surface area (TPSA) is 204 Å². The Morgan fingerprint density at radius 2 is 1.79 bits per heavy atom. The predicted molar refractivity (Wildman–Crippen MR) is 151 cm³/mol. The van der Waals surface area contributed by atoms with Crippen LogP contribution in [0.1, 0.15) is 40.5 Å². The molecule has 13 nitrogen and oxygen atoms in total. The fourth-order valence-corrected chi connectivity index (χ4v) is 4.83. The van der Waals surface area contributed by atoms with Crippen LogP contribution in [0.2, 0.25) is 0 Å². The van der Waals surface area contributed by atoms with Gasteiger partial charge in [-0.2, -0.15) is 0 Å². The highest BCUT2D eigenvalue weighted by Gasteiger charge is 2.34. The number of carbonyl (C=O) groups excluding carboxylic acids is 4. The molecule has 1 aliphatic heterocycles. The Bertz CT molecular complexity index is 1250. The molecular weight excluding hydrogens is 550 g/mol. The normalized spacial score (nSPS) is 28.4. The molecule has 6 N–H and O–H groups in total. The molecule has 3 amide bonds. The van der Waals surface area contributed by atoms with Gasteiger partial charge < -0.3 is 35.5 Å². The van der Waals surface area contributed by atoms with Gasteiger partial charge in [0.2, 0.25) is 11.6 Å². The quantitative estimate of drug-likeness (QED) is 0.238. The molecule has 6 atom stereocenters. The molecule has 13 heteroatoms. The molecule has 1 heterocycles. The van der Waals surface area contributed by atoms with Gasteiger partial charge in [0, 0.05) is 37.4 Å². The number of allylic oxidation sites excluding steroid dienone is 4. The van der Waals surface area contributed by atoms with Crippen molar-refractivity contribution in [1.82, 2.24) is 10.6 Å². The van der Waals surface area contributed by atoms with Crippen molar-refractivity contribution in [2.75, 3.05) is 14.2 Å². The largest absolute Gasteiger partial charge is 0.465 e. The van der Waals surface area contributed by atoms with E-state index in [1.165, 1.54) is 39.4 Å². The van der Waals surface area contributed by atoms with Crippen LogP contribution in [0.4, 0.5) is 9.59 Å². The summed E-state index contributed by atoms with van der Waals surface area (Å²) < 4.78 is 16.4. The first kappa shape index (κ1) is 34.1. The maximum absolute atomic E-state index is 13.4. The lowest BCUT2D eigenvalue weighted by atomic mass is 9.85. The predicted octanol–water partition coefficient (Wildman–Crippen LogP) is 2.03. The van der Waals surface area contributed by atoms with Crippen LogP contribution >= 0.6 is 0 Å². The SMILES string of the molecule is CO[C@H]1C=CC=C(C)C(=O)NC2=CC(=O)C(NC(=O)O)=C(C[C@@H](C)C[C@H](OC)[C@H](O)[C@@H](C)C=C(C)[C@@H]1OC(N)=O)C2=O. The third-order valence-electron chi connectivity index (χ3n) is 7.03. The van der Waals surface area contributed by atoms with E-state index in [1.807, 2.05) is 5.32 Å². The summed E-state index contributed by atoms with van der Waals surface area (Å²) in [7, 11) is 2.82. The molecule has 42 heavy (non-hydrogen) atoms. The summed E-state index contributed by atoms with van der Waals surface area (Å²) in [5.41, 5.74) is 5.19. The second kappa shape index (κ2) is 15.2. The third kappa shape index (κ3) is 8.96. The molecule has 2 rings (SSSR count). The lowest BCUT2D eigenvalue weighted by Crippen LogP contribution is -2.38. The van der Waals surface area contributed by atoms with Crippen LogP contribution in [0, 0.1) is 11.8 Å². The van der Waals surface area contributed by atoms with Crippen molar-refractivity contribution in [3.05, 3.63) is 58.5 Å². The average Bonchev–Trinajstić information content (AvgIpc) is 2.91. The maximum atomic E-state index is 13.4. The second-order valence-electron chi connectivity index (χ2n) is 10.4. The van der Waals surface area contributed by atoms with Gasteiger partial charge in [0.05, 0.1) is 23.6 Å². The molecule has 0 saturated heterocycles. The minimum atomic E-state index is -1.53. The Morgan fingerprint density at radius 3 is 2.36 bits per heavy atom. The van der Waals surface area contributed by atoms with Crippen molar-refractivity contribution in [1.29, 1.82) is 0 Å². The molecule has 0 saturated carbocycles. The highest BCUT2D eigenvalue weighted by Crippen LogP contribution is 2.28. The van der Waals surface area contributed by atoms with E-state index in [2.05, 4.69) is 5.32 Å². The van der Waals surface area contributed by atoms with E-state index in [0.717, 1.165) is 6.08 Å². The van der Waals surface area contributed by atoms with Crippen LogP contribution in [0.25, 0.3) is 0 Å². The summed E-state index contributed by atoms with van der Waals surface area (Å²) in [5, 5.41) is 24.9. The lowest BCUT2D eigenvalue weighted by molar-refractivity contribution is -0.120. The summed E-state index contributed by atoms with van der Waals surface area (Å²) in [6, 6.07) is 0. The van der Waals surface area contributed by atoms with Gasteiger partial charge in [-0.1, -0.05) is 38.2 Å². The van der Waals surface area contributed by atoms with Gasteiger partial charge in [-0.25, -0.2) is 9.59 Å². The maximum Gasteiger partial charge on any atom is 0.409 e. The molecule has 0 radical (unpaired) electrons. The highest BCUT2D eigenvalue weighted by atomic mass is 16.6. The first-order valence-corrected chi connectivity index (χ1v) is 13.3. The number of nitrogens with one attached hydrogen (secondary N) is 2. The van der Waals surface area contributed by atoms with Gasteiger partial charge in [0.15, 0.2) is 6.10 Å². The molecule has 0 aromatic carbocycles. The molecule has 0 unspecified atom stereocenters. The number of amides is 3. The number of fused-ring (bicyclic) bond motifs is 2. The smallest absolute Gasteiger partial charge is 0.409 e. The number of ether oxygens (including phenoxy) is 3. The first-order chi connectivity index (χ1) is 19.7. The molecular formula is C29H39N3O10. The summed E-state index contributed by atoms with van der Waals surface area (Å²) in [6.45, 7) is 6.67. The van der Waals surface area contributed by atoms with Crippen LogP contribution in [-0.2, 0) is 28.6 Å². The number of primary amides is 1. The first-order valence-electron chi connectivity index (χ1n) is 13.3. The Balaban J connectivity index is 2.64. The van der Waals surface area contributed by atoms with Crippen molar-refractivity contribution in [2.45, 2.75) is 65.0 Å². The Labute approximate surface area is 244 Å². The van der Waals surface area contributed by atoms with E-state index in [-0.39, 0.29) is 35.6 Å². The van der Waals surface area contributed by atoms with Gasteiger partial charge in [0.25, 0.3) is 5.91 Å². The monoisotopic (exact) mass is 589 g/mol. The molecule has 0 fully saturated rings. The van der Waals surface area contributed by atoms with Gasteiger partial charge in [-0.15, -0.1) is 0 Å². The van der Waals surface area contributed by atoms with Gasteiger partial charge in [-0.05, 0) is 38.2 Å². The van der Waals surface area contributed by atoms with Crippen molar-refractivity contribution >= 4 is 29.7 Å². The number of carboxylic acid groups (broad SMARTS) is 1. The van der Waals surface area contributed by atoms with Gasteiger partial charge in [-0.3, -0.25) is 19.7 Å². The van der Waals surface area contributed by atoms with Gasteiger partial charge in [0.1, 0.15) is 6.10 Å². The zero-order chi connectivity index (χ0) is 31.7. The fourth-order valence-electron chi connectivity index (χ4n) is 4.83. The van der Waals surface area contributed by atoms with Gasteiger partial charge >= 0.3 is 12.2 Å². The molecule has 0 aromatic heterocycles. The number of Topliss-reactive ketones (excluding diaryl/α,β-unsaturated/α-hetero) is 1. The number of carbonyl (C=O) groups is 5. The van der Waals surface area contributed by atoms with Crippen molar-refractivity contribution < 1.29 is 48.4 Å². The number of nitrogens with two attached hydrogens (primary N) is 1. The summed E-state index contributed by atoms with van der Waals surface area (Å²) in [6.07, 6.45) is 1.09. The molecule has 230 valence electrons. The zero-order valence-electron chi connectivity index (χ0n) is 24.5. The summed E-state index contributed by atoms with van der Waals surface area (Å²) in [5.74, 6) is -3.08. The molecule has 1 aliphatic carbocycles.